The molecule has 0 aromatic heterocycles. The van der Waals surface area contributed by atoms with Crippen LogP contribution in [-0.4, -0.2) is 33.8 Å². The number of amides is 2. The summed E-state index contributed by atoms with van der Waals surface area (Å²) in [5.74, 6) is -0.416. The van der Waals surface area contributed by atoms with Gasteiger partial charge in [-0.15, -0.1) is 0 Å². The van der Waals surface area contributed by atoms with Crippen LogP contribution in [0.4, 0.5) is 17.1 Å². The first kappa shape index (κ1) is 23.5. The molecule has 0 atom stereocenters. The molecule has 3 aromatic rings. The Kier molecular flexibility index (Phi) is 6.43. The number of anilines is 3. The summed E-state index contributed by atoms with van der Waals surface area (Å²) in [5, 5.41) is 2.85. The summed E-state index contributed by atoms with van der Waals surface area (Å²) >= 11 is 0. The Labute approximate surface area is 200 Å². The molecule has 0 fully saturated rings. The maximum atomic E-state index is 13.2. The number of nitrogens with zero attached hydrogens (tertiary/aromatic N) is 2. The third-order valence-electron chi connectivity index (χ3n) is 5.99. The normalized spacial score (nSPS) is 13.2. The summed E-state index contributed by atoms with van der Waals surface area (Å²) in [7, 11) is -2.35. The topological polar surface area (TPSA) is 86.8 Å². The van der Waals surface area contributed by atoms with Gasteiger partial charge >= 0.3 is 0 Å². The highest BCUT2D eigenvalue weighted by molar-refractivity contribution is 7.92. The monoisotopic (exact) mass is 477 g/mol. The van der Waals surface area contributed by atoms with E-state index in [0.29, 0.717) is 17.9 Å². The SMILES string of the molecule is CC(=O)N1CCCc2cc(NC(=O)c3cccc(S(=O)(=O)N(C)c4ccc(C)cc4)c3)ccc21. The number of hydrogen-bond donors (Lipinski definition) is 1. The van der Waals surface area contributed by atoms with E-state index in [-0.39, 0.29) is 16.4 Å². The molecule has 176 valence electrons. The van der Waals surface area contributed by atoms with Crippen LogP contribution in [0.2, 0.25) is 0 Å². The second-order valence-electron chi connectivity index (χ2n) is 8.41. The average molecular weight is 478 g/mol. The van der Waals surface area contributed by atoms with Crippen molar-refractivity contribution in [3.8, 4) is 0 Å². The van der Waals surface area contributed by atoms with Crippen molar-refractivity contribution in [3.63, 3.8) is 0 Å². The number of hydrogen-bond acceptors (Lipinski definition) is 4. The van der Waals surface area contributed by atoms with Crippen LogP contribution in [0.1, 0.15) is 34.8 Å². The van der Waals surface area contributed by atoms with E-state index in [1.807, 2.05) is 31.2 Å². The van der Waals surface area contributed by atoms with Crippen molar-refractivity contribution in [2.45, 2.75) is 31.6 Å². The number of carbonyl (C=O) groups is 2. The van der Waals surface area contributed by atoms with E-state index in [1.165, 1.54) is 23.5 Å². The summed E-state index contributed by atoms with van der Waals surface area (Å²) in [6.07, 6.45) is 1.68. The van der Waals surface area contributed by atoms with Crippen molar-refractivity contribution in [1.29, 1.82) is 0 Å². The molecule has 0 radical (unpaired) electrons. The average Bonchev–Trinajstić information content (AvgIpc) is 2.83. The molecule has 0 aliphatic carbocycles. The molecule has 0 unspecified atom stereocenters. The lowest BCUT2D eigenvalue weighted by atomic mass is 10.0. The fraction of sp³-hybridized carbons (Fsp3) is 0.231. The van der Waals surface area contributed by atoms with E-state index in [0.717, 1.165) is 29.7 Å². The van der Waals surface area contributed by atoms with E-state index in [9.17, 15) is 18.0 Å². The van der Waals surface area contributed by atoms with Gasteiger partial charge in [-0.3, -0.25) is 13.9 Å². The first-order valence-electron chi connectivity index (χ1n) is 11.0. The second kappa shape index (κ2) is 9.30. The van der Waals surface area contributed by atoms with Crippen LogP contribution >= 0.6 is 0 Å². The molecule has 8 heteroatoms. The Morgan fingerprint density at radius 2 is 1.74 bits per heavy atom. The second-order valence-corrected chi connectivity index (χ2v) is 10.4. The van der Waals surface area contributed by atoms with E-state index >= 15 is 0 Å². The summed E-state index contributed by atoms with van der Waals surface area (Å²) < 4.78 is 27.5. The molecule has 0 saturated heterocycles. The minimum Gasteiger partial charge on any atom is -0.322 e. The lowest BCUT2D eigenvalue weighted by Gasteiger charge is -2.29. The van der Waals surface area contributed by atoms with E-state index < -0.39 is 15.9 Å². The third-order valence-corrected chi connectivity index (χ3v) is 7.77. The van der Waals surface area contributed by atoms with Gasteiger partial charge in [0.1, 0.15) is 0 Å². The fourth-order valence-electron chi connectivity index (χ4n) is 4.05. The minimum absolute atomic E-state index is 0.00800. The van der Waals surface area contributed by atoms with E-state index in [1.54, 1.807) is 42.2 Å². The Hall–Kier alpha value is -3.65. The Morgan fingerprint density at radius 3 is 2.44 bits per heavy atom. The standard InChI is InChI=1S/C26H27N3O4S/c1-18-9-12-23(13-10-18)28(3)34(32,33)24-8-4-6-21(17-24)26(31)27-22-11-14-25-20(16-22)7-5-15-29(25)19(2)30/h4,6,8-14,16-17H,5,7,15H2,1-3H3,(H,27,31). The van der Waals surface area contributed by atoms with Gasteiger partial charge < -0.3 is 10.2 Å². The Bertz CT molecular complexity index is 1350. The quantitative estimate of drug-likeness (QED) is 0.591. The predicted molar refractivity (Wildman–Crippen MR) is 134 cm³/mol. The predicted octanol–water partition coefficient (Wildman–Crippen LogP) is 4.37. The minimum atomic E-state index is -3.84. The molecule has 0 bridgehead atoms. The molecule has 4 rings (SSSR count). The van der Waals surface area contributed by atoms with Crippen molar-refractivity contribution >= 4 is 38.9 Å². The zero-order chi connectivity index (χ0) is 24.5. The molecule has 0 saturated carbocycles. The van der Waals surface area contributed by atoms with Crippen molar-refractivity contribution in [3.05, 3.63) is 83.4 Å². The molecule has 2 amide bonds. The van der Waals surface area contributed by atoms with Gasteiger partial charge in [0, 0.05) is 37.5 Å². The third kappa shape index (κ3) is 4.68. The lowest BCUT2D eigenvalue weighted by molar-refractivity contribution is -0.116. The highest BCUT2D eigenvalue weighted by Gasteiger charge is 2.23. The van der Waals surface area contributed by atoms with E-state index in [4.69, 9.17) is 0 Å². The van der Waals surface area contributed by atoms with Crippen molar-refractivity contribution in [2.75, 3.05) is 28.1 Å². The smallest absolute Gasteiger partial charge is 0.264 e. The van der Waals surface area contributed by atoms with Gasteiger partial charge in [0.2, 0.25) is 5.91 Å². The first-order chi connectivity index (χ1) is 16.2. The number of fused-ring (bicyclic) bond motifs is 1. The van der Waals surface area contributed by atoms with E-state index in [2.05, 4.69) is 5.32 Å². The lowest BCUT2D eigenvalue weighted by Crippen LogP contribution is -2.33. The molecule has 3 aromatic carbocycles. The Morgan fingerprint density at radius 1 is 1.00 bits per heavy atom. The van der Waals surface area contributed by atoms with Crippen LogP contribution in [-0.2, 0) is 21.2 Å². The van der Waals surface area contributed by atoms with Crippen LogP contribution in [0.3, 0.4) is 0 Å². The van der Waals surface area contributed by atoms with Gasteiger partial charge in [0.05, 0.1) is 10.6 Å². The van der Waals surface area contributed by atoms with Crippen LogP contribution in [0.5, 0.6) is 0 Å². The van der Waals surface area contributed by atoms with Gasteiger partial charge in [-0.2, -0.15) is 0 Å². The number of rotatable bonds is 5. The molecule has 7 nitrogen and oxygen atoms in total. The highest BCUT2D eigenvalue weighted by Crippen LogP contribution is 2.30. The molecule has 1 heterocycles. The van der Waals surface area contributed by atoms with Crippen molar-refractivity contribution < 1.29 is 18.0 Å². The summed E-state index contributed by atoms with van der Waals surface area (Å²) in [6.45, 7) is 4.16. The van der Waals surface area contributed by atoms with Gasteiger partial charge in [-0.05, 0) is 73.9 Å². The zero-order valence-corrected chi connectivity index (χ0v) is 20.2. The van der Waals surface area contributed by atoms with Crippen molar-refractivity contribution in [1.82, 2.24) is 0 Å². The highest BCUT2D eigenvalue weighted by atomic mass is 32.2. The maximum Gasteiger partial charge on any atom is 0.264 e. The van der Waals surface area contributed by atoms with Crippen molar-refractivity contribution in [2.24, 2.45) is 0 Å². The fourth-order valence-corrected chi connectivity index (χ4v) is 5.30. The van der Waals surface area contributed by atoms with Gasteiger partial charge in [-0.25, -0.2) is 8.42 Å². The van der Waals surface area contributed by atoms with Crippen LogP contribution in [0.25, 0.3) is 0 Å². The van der Waals surface area contributed by atoms with Gasteiger partial charge in [0.15, 0.2) is 0 Å². The number of nitrogens with one attached hydrogen (secondary N) is 1. The summed E-state index contributed by atoms with van der Waals surface area (Å²) in [6, 6.07) is 18.6. The number of aryl methyl sites for hydroxylation is 2. The van der Waals surface area contributed by atoms with Gasteiger partial charge in [0.25, 0.3) is 15.9 Å². The zero-order valence-electron chi connectivity index (χ0n) is 19.4. The first-order valence-corrected chi connectivity index (χ1v) is 12.5. The molecule has 0 spiro atoms. The molecule has 1 N–H and O–H groups in total. The summed E-state index contributed by atoms with van der Waals surface area (Å²) in [5.41, 5.74) is 4.26. The largest absolute Gasteiger partial charge is 0.322 e. The number of benzene rings is 3. The molecular formula is C26H27N3O4S. The number of carbonyl (C=O) groups excluding carboxylic acids is 2. The summed E-state index contributed by atoms with van der Waals surface area (Å²) in [4.78, 5) is 26.6. The molecule has 34 heavy (non-hydrogen) atoms. The maximum absolute atomic E-state index is 13.2. The Balaban J connectivity index is 1.55. The van der Waals surface area contributed by atoms with Crippen LogP contribution in [0.15, 0.2) is 71.6 Å². The number of sulfonamides is 1. The van der Waals surface area contributed by atoms with Crippen LogP contribution in [0, 0.1) is 6.92 Å². The molecule has 1 aliphatic heterocycles. The van der Waals surface area contributed by atoms with Crippen LogP contribution < -0.4 is 14.5 Å². The molecule has 1 aliphatic rings. The van der Waals surface area contributed by atoms with Gasteiger partial charge in [-0.1, -0.05) is 23.8 Å². The molecular weight excluding hydrogens is 450 g/mol.